The topological polar surface area (TPSA) is 87.7 Å². The van der Waals surface area contributed by atoms with Crippen LogP contribution in [0, 0.1) is 0 Å². The number of rotatable bonds is 11. The summed E-state index contributed by atoms with van der Waals surface area (Å²) in [5.41, 5.74) is 1.83. The fourth-order valence-electron chi connectivity index (χ4n) is 3.15. The van der Waals surface area contributed by atoms with Gasteiger partial charge in [-0.1, -0.05) is 42.5 Å². The van der Waals surface area contributed by atoms with Crippen LogP contribution in [0.1, 0.15) is 16.0 Å². The van der Waals surface area contributed by atoms with Crippen molar-refractivity contribution in [1.29, 1.82) is 0 Å². The minimum Gasteiger partial charge on any atom is -0.492 e. The second-order valence-corrected chi connectivity index (χ2v) is 11.1. The minimum absolute atomic E-state index is 0.00109. The van der Waals surface area contributed by atoms with Crippen LogP contribution in [0.3, 0.4) is 0 Å². The first-order chi connectivity index (χ1) is 17.2. The van der Waals surface area contributed by atoms with Crippen molar-refractivity contribution in [3.05, 3.63) is 88.1 Å². The maximum absolute atomic E-state index is 13.1. The molecule has 1 heterocycles. The number of nitrogens with one attached hydrogen (secondary N) is 2. The molecular formula is C26H29N3O4S3. The maximum Gasteiger partial charge on any atom is 0.267 e. The van der Waals surface area contributed by atoms with E-state index >= 15 is 0 Å². The smallest absolute Gasteiger partial charge is 0.267 e. The Morgan fingerprint density at radius 3 is 2.53 bits per heavy atom. The third-order valence-corrected chi connectivity index (χ3v) is 7.87. The summed E-state index contributed by atoms with van der Waals surface area (Å²) in [6.45, 7) is 0.668. The molecule has 0 radical (unpaired) electrons. The van der Waals surface area contributed by atoms with Gasteiger partial charge in [-0.15, -0.1) is 11.3 Å². The van der Waals surface area contributed by atoms with Crippen molar-refractivity contribution in [2.45, 2.75) is 17.7 Å². The molecule has 0 unspecified atom stereocenters. The zero-order chi connectivity index (χ0) is 26.0. The highest BCUT2D eigenvalue weighted by Gasteiger charge is 2.22. The van der Waals surface area contributed by atoms with Gasteiger partial charge in [-0.3, -0.25) is 9.52 Å². The zero-order valence-corrected chi connectivity index (χ0v) is 22.6. The molecule has 36 heavy (non-hydrogen) atoms. The molecule has 0 spiro atoms. The molecule has 2 N–H and O–H groups in total. The number of amides is 1. The highest BCUT2D eigenvalue weighted by molar-refractivity contribution is 7.92. The van der Waals surface area contributed by atoms with Crippen LogP contribution >= 0.6 is 23.6 Å². The van der Waals surface area contributed by atoms with E-state index in [2.05, 4.69) is 10.0 Å². The molecule has 3 rings (SSSR count). The van der Waals surface area contributed by atoms with Crippen LogP contribution in [0.5, 0.6) is 5.75 Å². The zero-order valence-electron chi connectivity index (χ0n) is 20.1. The largest absolute Gasteiger partial charge is 0.492 e. The summed E-state index contributed by atoms with van der Waals surface area (Å²) in [4.78, 5) is 14.6. The average Bonchev–Trinajstić information content (AvgIpc) is 3.37. The Kier molecular flexibility index (Phi) is 10.0. The number of carbonyl (C=O) groups excluding carboxylic acids is 1. The van der Waals surface area contributed by atoms with Crippen molar-refractivity contribution in [3.63, 3.8) is 0 Å². The van der Waals surface area contributed by atoms with E-state index in [1.807, 2.05) is 47.8 Å². The summed E-state index contributed by atoms with van der Waals surface area (Å²) in [6, 6.07) is 18.7. The van der Waals surface area contributed by atoms with Crippen LogP contribution in [-0.2, 0) is 27.7 Å². The first-order valence-corrected chi connectivity index (χ1v) is 14.0. The van der Waals surface area contributed by atoms with Gasteiger partial charge in [-0.25, -0.2) is 8.42 Å². The van der Waals surface area contributed by atoms with Gasteiger partial charge in [0.1, 0.15) is 10.6 Å². The second-order valence-electron chi connectivity index (χ2n) is 8.06. The SMILES string of the molecule is CN(C)C(=S)NS(=O)(=O)c1cc(CCNC(=O)/C=C/c2cccs2)ccc1OCCc1ccccc1. The van der Waals surface area contributed by atoms with E-state index in [1.54, 1.807) is 49.7 Å². The molecule has 190 valence electrons. The Bertz CT molecular complexity index is 1290. The standard InChI is InChI=1S/C26H29N3O4S3/c1-29(2)26(34)28-36(31,32)24-19-21(14-16-27-25(30)13-11-22-9-6-18-35-22)10-12-23(24)33-17-15-20-7-4-3-5-8-20/h3-13,18-19H,14-17H2,1-2H3,(H,27,30)(H,28,34)/b13-11+. The van der Waals surface area contributed by atoms with Crippen molar-refractivity contribution < 1.29 is 17.9 Å². The van der Waals surface area contributed by atoms with Gasteiger partial charge in [0.05, 0.1) is 6.61 Å². The molecule has 0 fully saturated rings. The number of ether oxygens (including phenoxy) is 1. The molecule has 0 bridgehead atoms. The lowest BCUT2D eigenvalue weighted by Crippen LogP contribution is -2.38. The number of hydrogen-bond donors (Lipinski definition) is 2. The quantitative estimate of drug-likeness (QED) is 0.282. The van der Waals surface area contributed by atoms with Crippen molar-refractivity contribution in [3.8, 4) is 5.75 Å². The molecule has 0 aliphatic rings. The van der Waals surface area contributed by atoms with Crippen LogP contribution in [0.15, 0.2) is 77.0 Å². The molecule has 7 nitrogen and oxygen atoms in total. The van der Waals surface area contributed by atoms with E-state index in [9.17, 15) is 13.2 Å². The Hall–Kier alpha value is -3.21. The summed E-state index contributed by atoms with van der Waals surface area (Å²) < 4.78 is 34.6. The van der Waals surface area contributed by atoms with Crippen LogP contribution in [0.2, 0.25) is 0 Å². The van der Waals surface area contributed by atoms with Crippen molar-refractivity contribution in [1.82, 2.24) is 14.9 Å². The van der Waals surface area contributed by atoms with Crippen molar-refractivity contribution >= 4 is 50.7 Å². The number of hydrogen-bond acceptors (Lipinski definition) is 6. The fraction of sp³-hybridized carbons (Fsp3) is 0.231. The predicted octanol–water partition coefficient (Wildman–Crippen LogP) is 3.87. The third kappa shape index (κ3) is 8.47. The summed E-state index contributed by atoms with van der Waals surface area (Å²) in [7, 11) is -0.661. The molecule has 1 amide bonds. The highest BCUT2D eigenvalue weighted by atomic mass is 32.2. The van der Waals surface area contributed by atoms with Gasteiger partial charge in [0.15, 0.2) is 5.11 Å². The van der Waals surface area contributed by atoms with Gasteiger partial charge in [0, 0.05) is 38.0 Å². The highest BCUT2D eigenvalue weighted by Crippen LogP contribution is 2.26. The van der Waals surface area contributed by atoms with E-state index in [0.29, 0.717) is 26.0 Å². The van der Waals surface area contributed by atoms with E-state index < -0.39 is 10.0 Å². The Morgan fingerprint density at radius 1 is 1.06 bits per heavy atom. The number of benzene rings is 2. The van der Waals surface area contributed by atoms with Gasteiger partial charge in [0.2, 0.25) is 5.91 Å². The van der Waals surface area contributed by atoms with Gasteiger partial charge in [0.25, 0.3) is 10.0 Å². The van der Waals surface area contributed by atoms with E-state index in [-0.39, 0.29) is 21.7 Å². The Balaban J connectivity index is 1.69. The fourth-order valence-corrected chi connectivity index (χ4v) is 5.32. The lowest BCUT2D eigenvalue weighted by Gasteiger charge is -2.18. The molecule has 2 aromatic carbocycles. The number of thiophene rings is 1. The van der Waals surface area contributed by atoms with Gasteiger partial charge < -0.3 is 15.0 Å². The third-order valence-electron chi connectivity index (χ3n) is 5.07. The van der Waals surface area contributed by atoms with Crippen molar-refractivity contribution in [2.24, 2.45) is 0 Å². The Labute approximate surface area is 221 Å². The summed E-state index contributed by atoms with van der Waals surface area (Å²) >= 11 is 6.70. The molecule has 0 aliphatic heterocycles. The molecule has 1 aromatic heterocycles. The number of thiocarbonyl (C=S) groups is 1. The normalized spacial score (nSPS) is 11.3. The lowest BCUT2D eigenvalue weighted by molar-refractivity contribution is -0.116. The number of nitrogens with zero attached hydrogens (tertiary/aromatic N) is 1. The molecule has 0 atom stereocenters. The molecule has 0 aliphatic carbocycles. The second kappa shape index (κ2) is 13.2. The van der Waals surface area contributed by atoms with Gasteiger partial charge in [-0.2, -0.15) is 0 Å². The Morgan fingerprint density at radius 2 is 1.83 bits per heavy atom. The van der Waals surface area contributed by atoms with Gasteiger partial charge >= 0.3 is 0 Å². The molecular weight excluding hydrogens is 515 g/mol. The molecule has 0 saturated carbocycles. The van der Waals surface area contributed by atoms with Gasteiger partial charge in [-0.05, 0) is 59.4 Å². The van der Waals surface area contributed by atoms with Crippen LogP contribution in [0.25, 0.3) is 6.08 Å². The van der Waals surface area contributed by atoms with Crippen molar-refractivity contribution in [2.75, 3.05) is 27.2 Å². The van der Waals surface area contributed by atoms with E-state index in [4.69, 9.17) is 17.0 Å². The predicted molar refractivity (Wildman–Crippen MR) is 149 cm³/mol. The van der Waals surface area contributed by atoms with Crippen LogP contribution < -0.4 is 14.8 Å². The monoisotopic (exact) mass is 543 g/mol. The van der Waals surface area contributed by atoms with Crippen LogP contribution in [-0.4, -0.2) is 51.6 Å². The summed E-state index contributed by atoms with van der Waals surface area (Å²) in [5, 5.41) is 4.83. The van der Waals surface area contributed by atoms with Crippen LogP contribution in [0.4, 0.5) is 0 Å². The molecule has 10 heteroatoms. The lowest BCUT2D eigenvalue weighted by atomic mass is 10.1. The first-order valence-electron chi connectivity index (χ1n) is 11.3. The van der Waals surface area contributed by atoms with E-state index in [1.165, 1.54) is 11.0 Å². The number of sulfonamides is 1. The summed E-state index contributed by atoms with van der Waals surface area (Å²) in [6.07, 6.45) is 4.32. The average molecular weight is 544 g/mol. The molecule has 0 saturated heterocycles. The maximum atomic E-state index is 13.1. The number of carbonyl (C=O) groups is 1. The van der Waals surface area contributed by atoms with E-state index in [0.717, 1.165) is 16.0 Å². The first kappa shape index (κ1) is 27.4. The molecule has 3 aromatic rings. The minimum atomic E-state index is -3.98. The summed E-state index contributed by atoms with van der Waals surface area (Å²) in [5.74, 6) is 0.0294.